The van der Waals surface area contributed by atoms with Crippen LogP contribution >= 0.6 is 15.9 Å². The van der Waals surface area contributed by atoms with Crippen LogP contribution in [-0.4, -0.2) is 16.0 Å². The zero-order valence-corrected chi connectivity index (χ0v) is 12.2. The highest BCUT2D eigenvalue weighted by Crippen LogP contribution is 2.24. The van der Waals surface area contributed by atoms with Gasteiger partial charge in [-0.25, -0.2) is 14.4 Å². The molecule has 1 heterocycles. The Morgan fingerprint density at radius 3 is 2.70 bits per heavy atom. The topological polar surface area (TPSA) is 47.0 Å². The van der Waals surface area contributed by atoms with Gasteiger partial charge in [-0.05, 0) is 47.0 Å². The molecule has 1 aromatic carbocycles. The molecule has 0 aliphatic heterocycles. The van der Waals surface area contributed by atoms with Gasteiger partial charge in [0.05, 0.1) is 4.47 Å². The highest BCUT2D eigenvalue weighted by Gasteiger charge is 2.19. The molecule has 20 heavy (non-hydrogen) atoms. The standard InChI is InChI=1S/C14H13BrFN3O/c15-12-5-11(3-4-13(12)16)20-14-18-7-9(8-19-14)6-17-10-1-2-10/h3-5,7-8,10,17H,1-2,6H2. The average Bonchev–Trinajstić information content (AvgIpc) is 3.26. The van der Waals surface area contributed by atoms with E-state index in [0.29, 0.717) is 16.3 Å². The van der Waals surface area contributed by atoms with E-state index in [0.717, 1.165) is 12.1 Å². The molecule has 0 saturated heterocycles. The van der Waals surface area contributed by atoms with E-state index in [-0.39, 0.29) is 11.8 Å². The van der Waals surface area contributed by atoms with Crippen molar-refractivity contribution < 1.29 is 9.13 Å². The Kier molecular flexibility index (Phi) is 3.93. The molecule has 1 N–H and O–H groups in total. The first-order chi connectivity index (χ1) is 9.70. The van der Waals surface area contributed by atoms with Crippen molar-refractivity contribution in [3.05, 3.63) is 46.4 Å². The molecular weight excluding hydrogens is 325 g/mol. The molecule has 0 atom stereocenters. The van der Waals surface area contributed by atoms with E-state index in [1.165, 1.54) is 25.0 Å². The molecule has 0 amide bonds. The monoisotopic (exact) mass is 337 g/mol. The molecule has 104 valence electrons. The molecule has 3 rings (SSSR count). The van der Waals surface area contributed by atoms with Crippen molar-refractivity contribution >= 4 is 15.9 Å². The summed E-state index contributed by atoms with van der Waals surface area (Å²) < 4.78 is 18.9. The van der Waals surface area contributed by atoms with Gasteiger partial charge in [-0.1, -0.05) is 0 Å². The Morgan fingerprint density at radius 1 is 1.30 bits per heavy atom. The minimum Gasteiger partial charge on any atom is -0.424 e. The smallest absolute Gasteiger partial charge is 0.321 e. The molecular formula is C14H13BrFN3O. The first kappa shape index (κ1) is 13.5. The molecule has 2 aromatic rings. The Bertz CT molecular complexity index is 602. The summed E-state index contributed by atoms with van der Waals surface area (Å²) in [6.45, 7) is 0.771. The lowest BCUT2D eigenvalue weighted by Crippen LogP contribution is -2.15. The summed E-state index contributed by atoms with van der Waals surface area (Å²) in [7, 11) is 0. The van der Waals surface area contributed by atoms with Gasteiger partial charge in [0.1, 0.15) is 11.6 Å². The number of halogens is 2. The molecule has 0 bridgehead atoms. The van der Waals surface area contributed by atoms with Crippen molar-refractivity contribution in [3.63, 3.8) is 0 Å². The van der Waals surface area contributed by atoms with Crippen molar-refractivity contribution in [2.24, 2.45) is 0 Å². The van der Waals surface area contributed by atoms with E-state index in [9.17, 15) is 4.39 Å². The summed E-state index contributed by atoms with van der Waals surface area (Å²) >= 11 is 3.11. The third-order valence-corrected chi connectivity index (χ3v) is 3.56. The maximum atomic E-state index is 13.1. The fraction of sp³-hybridized carbons (Fsp3) is 0.286. The van der Waals surface area contributed by atoms with Crippen LogP contribution in [0.5, 0.6) is 11.8 Å². The number of rotatable bonds is 5. The van der Waals surface area contributed by atoms with Crippen molar-refractivity contribution in [2.75, 3.05) is 0 Å². The fourth-order valence-electron chi connectivity index (χ4n) is 1.68. The second-order valence-corrected chi connectivity index (χ2v) is 5.56. The third-order valence-electron chi connectivity index (χ3n) is 2.95. The molecule has 6 heteroatoms. The van der Waals surface area contributed by atoms with E-state index < -0.39 is 0 Å². The van der Waals surface area contributed by atoms with E-state index in [2.05, 4.69) is 31.2 Å². The summed E-state index contributed by atoms with van der Waals surface area (Å²) in [6.07, 6.45) is 5.97. The van der Waals surface area contributed by atoms with Crippen LogP contribution in [0.25, 0.3) is 0 Å². The molecule has 1 aromatic heterocycles. The van der Waals surface area contributed by atoms with Gasteiger partial charge < -0.3 is 10.1 Å². The number of hydrogen-bond acceptors (Lipinski definition) is 4. The molecule has 1 saturated carbocycles. The van der Waals surface area contributed by atoms with Crippen LogP contribution in [-0.2, 0) is 6.54 Å². The molecule has 0 spiro atoms. The lowest BCUT2D eigenvalue weighted by atomic mass is 10.3. The number of hydrogen-bond donors (Lipinski definition) is 1. The summed E-state index contributed by atoms with van der Waals surface area (Å²) in [4.78, 5) is 8.28. The van der Waals surface area contributed by atoms with Crippen LogP contribution in [0.2, 0.25) is 0 Å². The highest BCUT2D eigenvalue weighted by atomic mass is 79.9. The van der Waals surface area contributed by atoms with Gasteiger partial charge in [0.15, 0.2) is 0 Å². The van der Waals surface area contributed by atoms with Gasteiger partial charge in [0.25, 0.3) is 0 Å². The van der Waals surface area contributed by atoms with Crippen LogP contribution < -0.4 is 10.1 Å². The first-order valence-electron chi connectivity index (χ1n) is 6.38. The SMILES string of the molecule is Fc1ccc(Oc2ncc(CNC3CC3)cn2)cc1Br. The lowest BCUT2D eigenvalue weighted by molar-refractivity contribution is 0.439. The molecule has 0 unspecified atom stereocenters. The van der Waals surface area contributed by atoms with Crippen LogP contribution in [0.3, 0.4) is 0 Å². The third kappa shape index (κ3) is 3.52. The molecule has 1 fully saturated rings. The Morgan fingerprint density at radius 2 is 2.05 bits per heavy atom. The second-order valence-electron chi connectivity index (χ2n) is 4.71. The van der Waals surface area contributed by atoms with Gasteiger partial charge in [-0.15, -0.1) is 0 Å². The van der Waals surface area contributed by atoms with Gasteiger partial charge in [-0.2, -0.15) is 0 Å². The number of ether oxygens (including phenoxy) is 1. The number of benzene rings is 1. The van der Waals surface area contributed by atoms with E-state index in [4.69, 9.17) is 4.74 Å². The molecule has 1 aliphatic rings. The maximum Gasteiger partial charge on any atom is 0.321 e. The maximum absolute atomic E-state index is 13.1. The quantitative estimate of drug-likeness (QED) is 0.908. The van der Waals surface area contributed by atoms with Crippen LogP contribution in [0.4, 0.5) is 4.39 Å². The Hall–Kier alpha value is -1.53. The summed E-state index contributed by atoms with van der Waals surface area (Å²) in [5, 5.41) is 3.39. The predicted octanol–water partition coefficient (Wildman–Crippen LogP) is 3.42. The van der Waals surface area contributed by atoms with Crippen molar-refractivity contribution in [3.8, 4) is 11.8 Å². The first-order valence-corrected chi connectivity index (χ1v) is 7.17. The molecule has 4 nitrogen and oxygen atoms in total. The summed E-state index contributed by atoms with van der Waals surface area (Å²) in [5.41, 5.74) is 1.02. The minimum atomic E-state index is -0.334. The summed E-state index contributed by atoms with van der Waals surface area (Å²) in [6, 6.07) is 5.31. The predicted molar refractivity (Wildman–Crippen MR) is 76.1 cm³/mol. The Labute approximate surface area is 124 Å². The number of nitrogens with zero attached hydrogens (tertiary/aromatic N) is 2. The molecule has 0 radical (unpaired) electrons. The zero-order valence-electron chi connectivity index (χ0n) is 10.6. The second kappa shape index (κ2) is 5.85. The van der Waals surface area contributed by atoms with E-state index in [1.807, 2.05) is 0 Å². The number of aromatic nitrogens is 2. The van der Waals surface area contributed by atoms with Crippen LogP contribution in [0.15, 0.2) is 35.1 Å². The normalized spacial score (nSPS) is 14.3. The zero-order chi connectivity index (χ0) is 13.9. The van der Waals surface area contributed by atoms with Crippen LogP contribution in [0, 0.1) is 5.82 Å². The van der Waals surface area contributed by atoms with Crippen molar-refractivity contribution in [1.29, 1.82) is 0 Å². The number of nitrogens with one attached hydrogen (secondary N) is 1. The van der Waals surface area contributed by atoms with Crippen LogP contribution in [0.1, 0.15) is 18.4 Å². The lowest BCUT2D eigenvalue weighted by Gasteiger charge is -2.06. The van der Waals surface area contributed by atoms with Crippen molar-refractivity contribution in [2.45, 2.75) is 25.4 Å². The van der Waals surface area contributed by atoms with Gasteiger partial charge >= 0.3 is 6.01 Å². The average molecular weight is 338 g/mol. The van der Waals surface area contributed by atoms with E-state index in [1.54, 1.807) is 18.5 Å². The van der Waals surface area contributed by atoms with Gasteiger partial charge in [0.2, 0.25) is 0 Å². The minimum absolute atomic E-state index is 0.249. The highest BCUT2D eigenvalue weighted by molar-refractivity contribution is 9.10. The largest absolute Gasteiger partial charge is 0.424 e. The van der Waals surface area contributed by atoms with E-state index >= 15 is 0 Å². The molecule has 1 aliphatic carbocycles. The fourth-order valence-corrected chi connectivity index (χ4v) is 2.04. The van der Waals surface area contributed by atoms with Gasteiger partial charge in [0, 0.05) is 30.5 Å². The summed E-state index contributed by atoms with van der Waals surface area (Å²) in [5.74, 6) is 0.155. The van der Waals surface area contributed by atoms with Gasteiger partial charge in [-0.3, -0.25) is 0 Å². The Balaban J connectivity index is 1.62. The van der Waals surface area contributed by atoms with Crippen molar-refractivity contribution in [1.82, 2.24) is 15.3 Å².